The fraction of sp³-hybridized carbons (Fsp3) is 0.667. The second-order valence-corrected chi connectivity index (χ2v) is 0.908. The summed E-state index contributed by atoms with van der Waals surface area (Å²) >= 11 is 0. The van der Waals surface area contributed by atoms with Gasteiger partial charge in [-0.25, -0.2) is 0 Å². The van der Waals surface area contributed by atoms with Crippen molar-refractivity contribution in [3.05, 3.63) is 0 Å². The second kappa shape index (κ2) is 4.59. The fourth-order valence-electron chi connectivity index (χ4n) is 0. The van der Waals surface area contributed by atoms with Crippen molar-refractivity contribution in [2.45, 2.75) is 13.8 Å². The molecular formula is C3H8OPb. The molecule has 2 heteroatoms. The van der Waals surface area contributed by atoms with Gasteiger partial charge in [0.1, 0.15) is 5.78 Å². The zero-order valence-electron chi connectivity index (χ0n) is 3.62. The van der Waals surface area contributed by atoms with Gasteiger partial charge in [0.15, 0.2) is 0 Å². The molecule has 0 fully saturated rings. The van der Waals surface area contributed by atoms with Gasteiger partial charge in [-0.3, -0.25) is 0 Å². The molecule has 1 nitrogen and oxygen atoms in total. The van der Waals surface area contributed by atoms with Crippen LogP contribution in [0.3, 0.4) is 0 Å². The van der Waals surface area contributed by atoms with Crippen LogP contribution in [0.4, 0.5) is 0 Å². The first-order valence-corrected chi connectivity index (χ1v) is 1.20. The van der Waals surface area contributed by atoms with Crippen molar-refractivity contribution in [2.24, 2.45) is 0 Å². The Kier molecular flexibility index (Phi) is 8.39. The first-order valence-electron chi connectivity index (χ1n) is 1.20. The van der Waals surface area contributed by atoms with Crippen molar-refractivity contribution in [3.8, 4) is 0 Å². The summed E-state index contributed by atoms with van der Waals surface area (Å²) in [6.07, 6.45) is 0. The monoisotopic (exact) mass is 268 g/mol. The standard InChI is InChI=1S/C3H6O.Pb.2H/c1-3(2)4;;;/h1-2H3;;;. The molecule has 0 saturated heterocycles. The molecule has 0 spiro atoms. The molecular weight excluding hydrogens is 259 g/mol. The summed E-state index contributed by atoms with van der Waals surface area (Å²) in [5, 5.41) is 0. The summed E-state index contributed by atoms with van der Waals surface area (Å²) in [5.74, 6) is 0.167. The van der Waals surface area contributed by atoms with Crippen molar-refractivity contribution in [1.29, 1.82) is 0 Å². The van der Waals surface area contributed by atoms with Gasteiger partial charge in [-0.2, -0.15) is 0 Å². The summed E-state index contributed by atoms with van der Waals surface area (Å²) in [6, 6.07) is 0. The molecule has 0 aromatic rings. The van der Waals surface area contributed by atoms with E-state index < -0.39 is 0 Å². The van der Waals surface area contributed by atoms with Gasteiger partial charge >= 0.3 is 27.3 Å². The van der Waals surface area contributed by atoms with Gasteiger partial charge in [-0.05, 0) is 13.8 Å². The number of Topliss-reactive ketones (excluding diaryl/α,β-unsaturated/α-hetero) is 1. The molecule has 2 radical (unpaired) electrons. The third-order valence-electron chi connectivity index (χ3n) is 0. The minimum atomic E-state index is 0. The van der Waals surface area contributed by atoms with E-state index in [4.69, 9.17) is 0 Å². The summed E-state index contributed by atoms with van der Waals surface area (Å²) in [5.41, 5.74) is 0. The molecule has 0 rings (SSSR count). The molecule has 0 aromatic heterocycles. The minimum absolute atomic E-state index is 0. The molecule has 0 saturated carbocycles. The van der Waals surface area contributed by atoms with Gasteiger partial charge in [-0.1, -0.05) is 0 Å². The molecule has 0 amide bonds. The topological polar surface area (TPSA) is 17.1 Å². The maximum atomic E-state index is 9.44. The van der Waals surface area contributed by atoms with E-state index in [2.05, 4.69) is 0 Å². The van der Waals surface area contributed by atoms with Crippen LogP contribution >= 0.6 is 0 Å². The summed E-state index contributed by atoms with van der Waals surface area (Å²) in [7, 11) is 0. The van der Waals surface area contributed by atoms with E-state index in [0.29, 0.717) is 0 Å². The van der Waals surface area contributed by atoms with Crippen molar-refractivity contribution in [3.63, 3.8) is 0 Å². The van der Waals surface area contributed by atoms with E-state index in [-0.39, 0.29) is 33.1 Å². The molecule has 0 N–H and O–H groups in total. The Bertz CT molecular complexity index is 29.9. The van der Waals surface area contributed by atoms with Crippen molar-refractivity contribution in [2.75, 3.05) is 0 Å². The Hall–Kier alpha value is 0.592. The average molecular weight is 267 g/mol. The molecule has 5 heavy (non-hydrogen) atoms. The molecule has 0 aliphatic carbocycles. The SMILES string of the molecule is CC(C)=O.[PbH2]. The number of rotatable bonds is 0. The van der Waals surface area contributed by atoms with Crippen LogP contribution in [-0.2, 0) is 4.79 Å². The van der Waals surface area contributed by atoms with Crippen LogP contribution in [0.2, 0.25) is 0 Å². The summed E-state index contributed by atoms with van der Waals surface area (Å²) < 4.78 is 0. The van der Waals surface area contributed by atoms with Gasteiger partial charge in [-0.15, -0.1) is 0 Å². The summed E-state index contributed by atoms with van der Waals surface area (Å²) in [6.45, 7) is 3.06. The number of carbonyl (C=O) groups excluding carboxylic acids is 1. The zero-order valence-corrected chi connectivity index (χ0v) is 9.11. The number of carbonyl (C=O) groups is 1. The average Bonchev–Trinajstić information content (AvgIpc) is 0.811. The van der Waals surface area contributed by atoms with Crippen LogP contribution in [-0.4, -0.2) is 33.1 Å². The second-order valence-electron chi connectivity index (χ2n) is 0.908. The summed E-state index contributed by atoms with van der Waals surface area (Å²) in [4.78, 5) is 9.44. The predicted molar refractivity (Wildman–Crippen MR) is 24.9 cm³/mol. The Balaban J connectivity index is 0. The Morgan fingerprint density at radius 2 is 1.40 bits per heavy atom. The van der Waals surface area contributed by atoms with E-state index in [1.165, 1.54) is 13.8 Å². The van der Waals surface area contributed by atoms with Gasteiger partial charge in [0, 0.05) is 0 Å². The van der Waals surface area contributed by atoms with Crippen LogP contribution < -0.4 is 0 Å². The van der Waals surface area contributed by atoms with Crippen LogP contribution in [0.1, 0.15) is 13.8 Å². The quantitative estimate of drug-likeness (QED) is 0.550. The van der Waals surface area contributed by atoms with Crippen molar-refractivity contribution in [1.82, 2.24) is 0 Å². The number of ketones is 1. The van der Waals surface area contributed by atoms with Gasteiger partial charge < -0.3 is 4.79 Å². The zero-order chi connectivity index (χ0) is 3.58. The van der Waals surface area contributed by atoms with E-state index in [0.717, 1.165) is 0 Å². The third kappa shape index (κ3) is 88.0. The van der Waals surface area contributed by atoms with E-state index in [9.17, 15) is 4.79 Å². The number of hydrogen-bond acceptors (Lipinski definition) is 1. The third-order valence-corrected chi connectivity index (χ3v) is 0. The molecule has 0 bridgehead atoms. The van der Waals surface area contributed by atoms with Crippen LogP contribution in [0.15, 0.2) is 0 Å². The van der Waals surface area contributed by atoms with Crippen molar-refractivity contribution < 1.29 is 4.79 Å². The fourth-order valence-corrected chi connectivity index (χ4v) is 0. The molecule has 0 atom stereocenters. The van der Waals surface area contributed by atoms with E-state index >= 15 is 0 Å². The molecule has 0 aliphatic heterocycles. The molecule has 0 unspecified atom stereocenters. The van der Waals surface area contributed by atoms with Crippen LogP contribution in [0.25, 0.3) is 0 Å². The van der Waals surface area contributed by atoms with Gasteiger partial charge in [0.25, 0.3) is 0 Å². The molecule has 0 aliphatic rings. The first-order chi connectivity index (χ1) is 1.73. The molecule has 30 valence electrons. The van der Waals surface area contributed by atoms with Crippen molar-refractivity contribution >= 4 is 33.1 Å². The molecule has 0 aromatic carbocycles. The Morgan fingerprint density at radius 3 is 1.40 bits per heavy atom. The number of hydrogen-bond donors (Lipinski definition) is 0. The van der Waals surface area contributed by atoms with Gasteiger partial charge in [0.05, 0.1) is 0 Å². The van der Waals surface area contributed by atoms with Gasteiger partial charge in [0.2, 0.25) is 0 Å². The maximum absolute atomic E-state index is 9.44. The first kappa shape index (κ1) is 9.14. The van der Waals surface area contributed by atoms with Crippen LogP contribution in [0, 0.1) is 0 Å². The Labute approximate surface area is 51.9 Å². The molecule has 0 heterocycles. The van der Waals surface area contributed by atoms with E-state index in [1.807, 2.05) is 0 Å². The van der Waals surface area contributed by atoms with E-state index in [1.54, 1.807) is 0 Å². The van der Waals surface area contributed by atoms with Crippen LogP contribution in [0.5, 0.6) is 0 Å². The normalized spacial score (nSPS) is 5.20. The Morgan fingerprint density at radius 1 is 1.40 bits per heavy atom. The predicted octanol–water partition coefficient (Wildman–Crippen LogP) is -0.321.